The average Bonchev–Trinajstić information content (AvgIpc) is 2.43. The summed E-state index contributed by atoms with van der Waals surface area (Å²) in [5.74, 6) is 0. The zero-order valence-electron chi connectivity index (χ0n) is 9.81. The fourth-order valence-electron chi connectivity index (χ4n) is 1.07. The third-order valence-corrected chi connectivity index (χ3v) is 2.90. The van der Waals surface area contributed by atoms with Crippen LogP contribution >= 0.6 is 22.9 Å². The summed E-state index contributed by atoms with van der Waals surface area (Å²) in [7, 11) is 0. The molecule has 3 nitrogen and oxygen atoms in total. The normalized spacial score (nSPS) is 12.4. The van der Waals surface area contributed by atoms with Gasteiger partial charge in [-0.25, -0.2) is 4.79 Å². The largest absolute Gasteiger partial charge is 0.444 e. The number of alkyl halides is 3. The van der Waals surface area contributed by atoms with Crippen molar-refractivity contribution in [2.45, 2.75) is 32.5 Å². The van der Waals surface area contributed by atoms with Gasteiger partial charge in [-0.05, 0) is 20.8 Å². The summed E-state index contributed by atoms with van der Waals surface area (Å²) in [6.07, 6.45) is -5.55. The Hall–Kier alpha value is -0.950. The zero-order chi connectivity index (χ0) is 14.1. The number of rotatable bonds is 1. The molecule has 0 saturated heterocycles. The van der Waals surface area contributed by atoms with Crippen molar-refractivity contribution in [3.05, 3.63) is 15.3 Å². The maximum absolute atomic E-state index is 12.6. The van der Waals surface area contributed by atoms with Crippen molar-refractivity contribution >= 4 is 34.7 Å². The maximum atomic E-state index is 12.6. The number of amides is 1. The molecule has 0 radical (unpaired) electrons. The van der Waals surface area contributed by atoms with Gasteiger partial charge in [0.05, 0.1) is 11.3 Å². The quantitative estimate of drug-likeness (QED) is 0.811. The van der Waals surface area contributed by atoms with Crippen LogP contribution in [-0.2, 0) is 10.9 Å². The summed E-state index contributed by atoms with van der Waals surface area (Å²) < 4.78 is 42.5. The van der Waals surface area contributed by atoms with Crippen LogP contribution in [-0.4, -0.2) is 11.7 Å². The zero-order valence-corrected chi connectivity index (χ0v) is 11.4. The number of hydrogen-bond donors (Lipinski definition) is 1. The second kappa shape index (κ2) is 4.97. The van der Waals surface area contributed by atoms with Crippen molar-refractivity contribution in [3.8, 4) is 0 Å². The molecule has 0 aliphatic heterocycles. The molecule has 0 aromatic carbocycles. The summed E-state index contributed by atoms with van der Waals surface area (Å²) in [5.41, 5.74) is -2.25. The lowest BCUT2D eigenvalue weighted by Gasteiger charge is -2.20. The van der Waals surface area contributed by atoms with E-state index in [-0.39, 0.29) is 4.34 Å². The van der Waals surface area contributed by atoms with Crippen LogP contribution in [0.4, 0.5) is 23.7 Å². The molecule has 0 bridgehead atoms. The first kappa shape index (κ1) is 15.1. The van der Waals surface area contributed by atoms with E-state index in [2.05, 4.69) is 0 Å². The van der Waals surface area contributed by atoms with E-state index in [0.717, 1.165) is 5.38 Å². The second-order valence-electron chi connectivity index (χ2n) is 4.42. The lowest BCUT2D eigenvalue weighted by Crippen LogP contribution is -2.27. The number of hydrogen-bond acceptors (Lipinski definition) is 3. The molecule has 1 aromatic heterocycles. The Bertz CT molecular complexity index is 451. The molecular weight excluding hydrogens is 291 g/mol. The predicted octanol–water partition coefficient (Wildman–Crippen LogP) is 4.77. The number of anilines is 1. The Morgan fingerprint density at radius 3 is 2.39 bits per heavy atom. The number of thiophene rings is 1. The molecule has 102 valence electrons. The molecule has 8 heteroatoms. The van der Waals surface area contributed by atoms with Crippen molar-refractivity contribution in [3.63, 3.8) is 0 Å². The molecule has 0 fully saturated rings. The van der Waals surface area contributed by atoms with Gasteiger partial charge in [-0.3, -0.25) is 5.32 Å². The van der Waals surface area contributed by atoms with Crippen LogP contribution < -0.4 is 5.32 Å². The van der Waals surface area contributed by atoms with Crippen LogP contribution in [0.15, 0.2) is 5.38 Å². The molecule has 1 rings (SSSR count). The van der Waals surface area contributed by atoms with E-state index in [9.17, 15) is 18.0 Å². The van der Waals surface area contributed by atoms with Crippen molar-refractivity contribution in [2.75, 3.05) is 5.32 Å². The Morgan fingerprint density at radius 1 is 1.39 bits per heavy atom. The van der Waals surface area contributed by atoms with Crippen molar-refractivity contribution in [1.82, 2.24) is 0 Å². The number of halogens is 4. The van der Waals surface area contributed by atoms with Gasteiger partial charge in [-0.2, -0.15) is 13.2 Å². The molecule has 1 amide bonds. The maximum Gasteiger partial charge on any atom is 0.419 e. The molecule has 0 aliphatic rings. The van der Waals surface area contributed by atoms with Crippen LogP contribution in [0.25, 0.3) is 0 Å². The SMILES string of the molecule is CC(C)(C)OC(=O)Nc1c(C(F)(F)F)csc1Cl. The molecule has 0 atom stereocenters. The van der Waals surface area contributed by atoms with E-state index in [1.807, 2.05) is 5.32 Å². The minimum absolute atomic E-state index is 0.145. The summed E-state index contributed by atoms with van der Waals surface area (Å²) in [6.45, 7) is 4.81. The van der Waals surface area contributed by atoms with Crippen LogP contribution in [0.3, 0.4) is 0 Å². The van der Waals surface area contributed by atoms with Gasteiger partial charge in [0.15, 0.2) is 0 Å². The number of carbonyl (C=O) groups excluding carboxylic acids is 1. The number of carbonyl (C=O) groups is 1. The molecule has 0 spiro atoms. The first-order valence-electron chi connectivity index (χ1n) is 4.85. The van der Waals surface area contributed by atoms with E-state index in [4.69, 9.17) is 16.3 Å². The molecule has 1 heterocycles. The van der Waals surface area contributed by atoms with Gasteiger partial charge in [-0.15, -0.1) is 11.3 Å². The van der Waals surface area contributed by atoms with E-state index in [1.165, 1.54) is 0 Å². The molecule has 0 aliphatic carbocycles. The van der Waals surface area contributed by atoms with Crippen LogP contribution in [0.1, 0.15) is 26.3 Å². The summed E-state index contributed by atoms with van der Waals surface area (Å²) in [5, 5.41) is 2.86. The lowest BCUT2D eigenvalue weighted by molar-refractivity contribution is -0.136. The highest BCUT2D eigenvalue weighted by Gasteiger charge is 2.36. The summed E-state index contributed by atoms with van der Waals surface area (Å²) >= 11 is 6.31. The van der Waals surface area contributed by atoms with Gasteiger partial charge in [0, 0.05) is 5.38 Å². The van der Waals surface area contributed by atoms with Gasteiger partial charge in [0.2, 0.25) is 0 Å². The Kier molecular flexibility index (Phi) is 4.17. The molecule has 1 aromatic rings. The monoisotopic (exact) mass is 301 g/mol. The van der Waals surface area contributed by atoms with Crippen molar-refractivity contribution in [2.24, 2.45) is 0 Å². The van der Waals surface area contributed by atoms with Crippen molar-refractivity contribution in [1.29, 1.82) is 0 Å². The van der Waals surface area contributed by atoms with Gasteiger partial charge >= 0.3 is 12.3 Å². The molecule has 18 heavy (non-hydrogen) atoms. The van der Waals surface area contributed by atoms with Crippen LogP contribution in [0, 0.1) is 0 Å². The topological polar surface area (TPSA) is 38.3 Å². The predicted molar refractivity (Wildman–Crippen MR) is 64.2 cm³/mol. The Labute approximate surface area is 111 Å². The first-order chi connectivity index (χ1) is 8.00. The van der Waals surface area contributed by atoms with Gasteiger partial charge in [0.1, 0.15) is 9.94 Å². The van der Waals surface area contributed by atoms with Crippen LogP contribution in [0.5, 0.6) is 0 Å². The van der Waals surface area contributed by atoms with Crippen LogP contribution in [0.2, 0.25) is 4.34 Å². The van der Waals surface area contributed by atoms with E-state index >= 15 is 0 Å². The smallest absolute Gasteiger partial charge is 0.419 e. The van der Waals surface area contributed by atoms with Crippen molar-refractivity contribution < 1.29 is 22.7 Å². The minimum atomic E-state index is -4.58. The van der Waals surface area contributed by atoms with E-state index in [1.54, 1.807) is 20.8 Å². The Balaban J connectivity index is 2.91. The number of ether oxygens (including phenoxy) is 1. The molecular formula is C10H11ClF3NO2S. The fraction of sp³-hybridized carbons (Fsp3) is 0.500. The highest BCUT2D eigenvalue weighted by molar-refractivity contribution is 7.15. The molecule has 1 N–H and O–H groups in total. The highest BCUT2D eigenvalue weighted by atomic mass is 35.5. The summed E-state index contributed by atoms with van der Waals surface area (Å²) in [6, 6.07) is 0. The van der Waals surface area contributed by atoms with Gasteiger partial charge < -0.3 is 4.74 Å². The van der Waals surface area contributed by atoms with E-state index < -0.39 is 29.1 Å². The lowest BCUT2D eigenvalue weighted by atomic mass is 10.2. The Morgan fingerprint density at radius 2 is 1.94 bits per heavy atom. The average molecular weight is 302 g/mol. The molecule has 0 saturated carbocycles. The summed E-state index contributed by atoms with van der Waals surface area (Å²) in [4.78, 5) is 11.4. The third-order valence-electron chi connectivity index (χ3n) is 1.68. The standard InChI is InChI=1S/C10H11ClF3NO2S/c1-9(2,3)17-8(16)15-6-5(10(12,13)14)4-18-7(6)11/h4H,1-3H3,(H,15,16). The molecule has 0 unspecified atom stereocenters. The minimum Gasteiger partial charge on any atom is -0.444 e. The third kappa shape index (κ3) is 4.06. The first-order valence-corrected chi connectivity index (χ1v) is 6.10. The van der Waals surface area contributed by atoms with Gasteiger partial charge in [0.25, 0.3) is 0 Å². The number of nitrogens with one attached hydrogen (secondary N) is 1. The van der Waals surface area contributed by atoms with E-state index in [0.29, 0.717) is 11.3 Å². The van der Waals surface area contributed by atoms with Gasteiger partial charge in [-0.1, -0.05) is 11.6 Å². The fourth-order valence-corrected chi connectivity index (χ4v) is 2.10. The highest BCUT2D eigenvalue weighted by Crippen LogP contribution is 2.42. The second-order valence-corrected chi connectivity index (χ2v) is 5.90.